The van der Waals surface area contributed by atoms with Crippen LogP contribution < -0.4 is 10.1 Å². The zero-order valence-electron chi connectivity index (χ0n) is 10.3. The summed E-state index contributed by atoms with van der Waals surface area (Å²) in [7, 11) is 1.57. The van der Waals surface area contributed by atoms with Gasteiger partial charge in [-0.3, -0.25) is 0 Å². The molecule has 1 saturated heterocycles. The first-order valence-corrected chi connectivity index (χ1v) is 5.95. The van der Waals surface area contributed by atoms with Crippen molar-refractivity contribution in [1.29, 1.82) is 0 Å². The van der Waals surface area contributed by atoms with Gasteiger partial charge in [-0.2, -0.15) is 0 Å². The van der Waals surface area contributed by atoms with E-state index in [1.54, 1.807) is 13.2 Å². The fraction of sp³-hybridized carbons (Fsp3) is 0.538. The third-order valence-electron chi connectivity index (χ3n) is 3.06. The number of methoxy groups -OCH3 is 1. The van der Waals surface area contributed by atoms with Crippen LogP contribution in [-0.2, 0) is 11.2 Å². The number of rotatable bonds is 3. The molecule has 0 bridgehead atoms. The Kier molecular flexibility index (Phi) is 3.97. The number of hydrogen-bond acceptors (Lipinski definition) is 3. The highest BCUT2D eigenvalue weighted by Gasteiger charge is 2.21. The van der Waals surface area contributed by atoms with Crippen LogP contribution in [0.4, 0.5) is 4.39 Å². The van der Waals surface area contributed by atoms with Gasteiger partial charge < -0.3 is 14.8 Å². The molecule has 0 aliphatic carbocycles. The quantitative estimate of drug-likeness (QED) is 0.875. The largest absolute Gasteiger partial charge is 0.496 e. The number of benzene rings is 1. The maximum Gasteiger partial charge on any atom is 0.127 e. The molecule has 1 N–H and O–H groups in total. The Morgan fingerprint density at radius 3 is 2.94 bits per heavy atom. The standard InChI is InChI=1S/C13H18FNO2/c1-3-10-11(13-8-15-4-5-17-13)6-9(14)7-12(10)16-2/h6-7,13,15H,3-5,8H2,1-2H3. The van der Waals surface area contributed by atoms with Gasteiger partial charge in [-0.1, -0.05) is 6.92 Å². The highest BCUT2D eigenvalue weighted by atomic mass is 19.1. The zero-order valence-corrected chi connectivity index (χ0v) is 10.3. The summed E-state index contributed by atoms with van der Waals surface area (Å²) in [5.41, 5.74) is 1.93. The molecule has 0 spiro atoms. The van der Waals surface area contributed by atoms with Crippen molar-refractivity contribution in [2.75, 3.05) is 26.8 Å². The number of halogens is 1. The van der Waals surface area contributed by atoms with E-state index in [2.05, 4.69) is 5.32 Å². The Labute approximate surface area is 101 Å². The first-order chi connectivity index (χ1) is 8.26. The van der Waals surface area contributed by atoms with E-state index in [1.807, 2.05) is 6.92 Å². The van der Waals surface area contributed by atoms with Crippen molar-refractivity contribution in [2.24, 2.45) is 0 Å². The average molecular weight is 239 g/mol. The van der Waals surface area contributed by atoms with Crippen LogP contribution in [0.2, 0.25) is 0 Å². The van der Waals surface area contributed by atoms with E-state index >= 15 is 0 Å². The molecule has 1 fully saturated rings. The van der Waals surface area contributed by atoms with Crippen molar-refractivity contribution in [3.63, 3.8) is 0 Å². The molecule has 1 aromatic carbocycles. The molecule has 0 amide bonds. The van der Waals surface area contributed by atoms with Crippen LogP contribution in [0.5, 0.6) is 5.75 Å². The third kappa shape index (κ3) is 2.58. The monoisotopic (exact) mass is 239 g/mol. The van der Waals surface area contributed by atoms with Gasteiger partial charge in [-0.05, 0) is 23.6 Å². The number of hydrogen-bond donors (Lipinski definition) is 1. The molecule has 1 aromatic rings. The molecule has 1 unspecified atom stereocenters. The number of ether oxygens (including phenoxy) is 2. The number of nitrogens with one attached hydrogen (secondary N) is 1. The fourth-order valence-corrected chi connectivity index (χ4v) is 2.24. The Morgan fingerprint density at radius 1 is 1.53 bits per heavy atom. The first-order valence-electron chi connectivity index (χ1n) is 5.95. The highest BCUT2D eigenvalue weighted by Crippen LogP contribution is 2.31. The highest BCUT2D eigenvalue weighted by molar-refractivity contribution is 5.42. The Balaban J connectivity index is 2.39. The van der Waals surface area contributed by atoms with Gasteiger partial charge in [0.05, 0.1) is 19.8 Å². The maximum atomic E-state index is 13.5. The van der Waals surface area contributed by atoms with Gasteiger partial charge in [0.2, 0.25) is 0 Å². The molecule has 0 aromatic heterocycles. The molecule has 1 aliphatic heterocycles. The smallest absolute Gasteiger partial charge is 0.127 e. The summed E-state index contributed by atoms with van der Waals surface area (Å²) >= 11 is 0. The second-order valence-corrected chi connectivity index (χ2v) is 4.09. The minimum Gasteiger partial charge on any atom is -0.496 e. The van der Waals surface area contributed by atoms with E-state index in [0.717, 1.165) is 30.6 Å². The average Bonchev–Trinajstić information content (AvgIpc) is 2.38. The summed E-state index contributed by atoms with van der Waals surface area (Å²) < 4.78 is 24.4. The van der Waals surface area contributed by atoms with E-state index < -0.39 is 0 Å². The van der Waals surface area contributed by atoms with Crippen LogP contribution >= 0.6 is 0 Å². The molecular formula is C13H18FNO2. The van der Waals surface area contributed by atoms with Crippen molar-refractivity contribution in [2.45, 2.75) is 19.4 Å². The van der Waals surface area contributed by atoms with Crippen LogP contribution in [0.3, 0.4) is 0 Å². The zero-order chi connectivity index (χ0) is 12.3. The molecule has 1 atom stereocenters. The second kappa shape index (κ2) is 5.47. The van der Waals surface area contributed by atoms with Crippen LogP contribution in [-0.4, -0.2) is 26.8 Å². The van der Waals surface area contributed by atoms with Crippen LogP contribution in [0.1, 0.15) is 24.2 Å². The maximum absolute atomic E-state index is 13.5. The lowest BCUT2D eigenvalue weighted by Crippen LogP contribution is -2.33. The minimum atomic E-state index is -0.275. The van der Waals surface area contributed by atoms with E-state index in [-0.39, 0.29) is 11.9 Å². The van der Waals surface area contributed by atoms with E-state index in [9.17, 15) is 4.39 Å². The summed E-state index contributed by atoms with van der Waals surface area (Å²) in [6.07, 6.45) is 0.724. The molecule has 4 heteroatoms. The molecule has 0 saturated carbocycles. The second-order valence-electron chi connectivity index (χ2n) is 4.09. The summed E-state index contributed by atoms with van der Waals surface area (Å²) in [6.45, 7) is 4.27. The third-order valence-corrected chi connectivity index (χ3v) is 3.06. The number of morpholine rings is 1. The fourth-order valence-electron chi connectivity index (χ4n) is 2.24. The molecule has 1 aliphatic rings. The van der Waals surface area contributed by atoms with Gasteiger partial charge >= 0.3 is 0 Å². The lowest BCUT2D eigenvalue weighted by molar-refractivity contribution is 0.0268. The van der Waals surface area contributed by atoms with Crippen LogP contribution in [0.15, 0.2) is 12.1 Å². The molecule has 3 nitrogen and oxygen atoms in total. The van der Waals surface area contributed by atoms with Gasteiger partial charge in [-0.15, -0.1) is 0 Å². The SMILES string of the molecule is CCc1c(OC)cc(F)cc1C1CNCCO1. The van der Waals surface area contributed by atoms with Gasteiger partial charge in [-0.25, -0.2) is 4.39 Å². The predicted octanol–water partition coefficient (Wildman–Crippen LogP) is 2.06. The summed E-state index contributed by atoms with van der Waals surface area (Å²) in [5, 5.41) is 3.25. The van der Waals surface area contributed by atoms with Gasteiger partial charge in [0.15, 0.2) is 0 Å². The molecular weight excluding hydrogens is 221 g/mol. The summed E-state index contributed by atoms with van der Waals surface area (Å²) in [4.78, 5) is 0. The topological polar surface area (TPSA) is 30.5 Å². The van der Waals surface area contributed by atoms with E-state index in [1.165, 1.54) is 6.07 Å². The van der Waals surface area contributed by atoms with Crippen molar-refractivity contribution in [1.82, 2.24) is 5.32 Å². The van der Waals surface area contributed by atoms with Crippen LogP contribution in [0, 0.1) is 5.82 Å². The van der Waals surface area contributed by atoms with Crippen molar-refractivity contribution < 1.29 is 13.9 Å². The Hall–Kier alpha value is -1.13. The van der Waals surface area contributed by atoms with Gasteiger partial charge in [0.1, 0.15) is 11.6 Å². The van der Waals surface area contributed by atoms with E-state index in [4.69, 9.17) is 9.47 Å². The lowest BCUT2D eigenvalue weighted by atomic mass is 9.98. The van der Waals surface area contributed by atoms with E-state index in [0.29, 0.717) is 12.4 Å². The van der Waals surface area contributed by atoms with Gasteiger partial charge in [0.25, 0.3) is 0 Å². The van der Waals surface area contributed by atoms with Crippen molar-refractivity contribution in [3.05, 3.63) is 29.1 Å². The lowest BCUT2D eigenvalue weighted by Gasteiger charge is -2.26. The van der Waals surface area contributed by atoms with Crippen molar-refractivity contribution in [3.8, 4) is 5.75 Å². The Bertz CT molecular complexity index is 389. The molecule has 0 radical (unpaired) electrons. The summed E-state index contributed by atoms with van der Waals surface area (Å²) in [6, 6.07) is 2.98. The molecule has 1 heterocycles. The van der Waals surface area contributed by atoms with Gasteiger partial charge in [0, 0.05) is 19.2 Å². The molecule has 17 heavy (non-hydrogen) atoms. The first kappa shape index (κ1) is 12.3. The van der Waals surface area contributed by atoms with Crippen LogP contribution in [0.25, 0.3) is 0 Å². The predicted molar refractivity (Wildman–Crippen MR) is 63.9 cm³/mol. The molecule has 2 rings (SSSR count). The Morgan fingerprint density at radius 2 is 2.35 bits per heavy atom. The normalized spacial score (nSPS) is 20.3. The molecule has 94 valence electrons. The minimum absolute atomic E-state index is 0.0803. The van der Waals surface area contributed by atoms with Crippen molar-refractivity contribution >= 4 is 0 Å². The summed E-state index contributed by atoms with van der Waals surface area (Å²) in [5.74, 6) is 0.333.